The van der Waals surface area contributed by atoms with Gasteiger partial charge in [-0.25, -0.2) is 0 Å². The van der Waals surface area contributed by atoms with Crippen molar-refractivity contribution in [2.24, 2.45) is 11.8 Å². The lowest BCUT2D eigenvalue weighted by atomic mass is 9.86. The highest BCUT2D eigenvalue weighted by Gasteiger charge is 2.57. The summed E-state index contributed by atoms with van der Waals surface area (Å²) >= 11 is 0. The lowest BCUT2D eigenvalue weighted by Gasteiger charge is -2.38. The molecule has 2 amide bonds. The number of fused-ring (bicyclic) bond motifs is 4. The Bertz CT molecular complexity index is 1370. The first-order valence-corrected chi connectivity index (χ1v) is 12.6. The largest absolute Gasteiger partial charge is 0.396 e. The fourth-order valence-corrected chi connectivity index (χ4v) is 5.59. The quantitative estimate of drug-likeness (QED) is 0.521. The standard InChI is InChI=1S/C29H30N4O4/c1-2-14-31-27(35)25-22(18-34)24-17-32-23(26(25)33(24)29(37)21-12-15-30-16-13-21)11-10-20(28(32)36)9-8-19-6-4-3-5-7-19/h3-13,15-16,22,24-26,34H,2,14,17-18H2,1H3,(H,31,35)/b9-8+/t22-,24-,25+,26+/m1/s1. The molecule has 2 aromatic heterocycles. The van der Waals surface area contributed by atoms with Crippen molar-refractivity contribution in [3.05, 3.63) is 99.7 Å². The van der Waals surface area contributed by atoms with Crippen molar-refractivity contribution in [3.63, 3.8) is 0 Å². The number of aliphatic hydroxyl groups is 1. The molecule has 5 rings (SSSR count). The van der Waals surface area contributed by atoms with Crippen molar-refractivity contribution >= 4 is 24.0 Å². The maximum Gasteiger partial charge on any atom is 0.258 e. The van der Waals surface area contributed by atoms with E-state index in [1.54, 1.807) is 46.1 Å². The third-order valence-corrected chi connectivity index (χ3v) is 7.34. The Kier molecular flexibility index (Phi) is 7.01. The summed E-state index contributed by atoms with van der Waals surface area (Å²) < 4.78 is 1.67. The molecule has 0 saturated carbocycles. The van der Waals surface area contributed by atoms with E-state index in [2.05, 4.69) is 10.3 Å². The molecule has 37 heavy (non-hydrogen) atoms. The van der Waals surface area contributed by atoms with Gasteiger partial charge in [0.25, 0.3) is 11.5 Å². The van der Waals surface area contributed by atoms with E-state index in [9.17, 15) is 19.5 Å². The molecule has 2 aliphatic rings. The van der Waals surface area contributed by atoms with Crippen molar-refractivity contribution in [1.29, 1.82) is 0 Å². The van der Waals surface area contributed by atoms with Crippen molar-refractivity contribution in [3.8, 4) is 0 Å². The average molecular weight is 499 g/mol. The summed E-state index contributed by atoms with van der Waals surface area (Å²) in [5.74, 6) is -1.63. The molecule has 1 saturated heterocycles. The Labute approximate surface area is 215 Å². The normalized spacial score (nSPS) is 22.2. The molecule has 3 aromatic rings. The number of nitrogens with zero attached hydrogens (tertiary/aromatic N) is 3. The molecule has 4 heterocycles. The molecule has 2 aliphatic heterocycles. The zero-order valence-electron chi connectivity index (χ0n) is 20.7. The van der Waals surface area contributed by atoms with Gasteiger partial charge in [0.05, 0.1) is 18.0 Å². The molecule has 1 fully saturated rings. The van der Waals surface area contributed by atoms with Gasteiger partial charge in [0, 0.05) is 54.8 Å². The van der Waals surface area contributed by atoms with E-state index < -0.39 is 23.9 Å². The number of aromatic nitrogens is 2. The first kappa shape index (κ1) is 24.6. The number of nitrogens with one attached hydrogen (secondary N) is 1. The SMILES string of the molecule is CCCNC(=O)[C@H]1[C@H](CO)[C@H]2Cn3c(ccc(/C=C/c4ccccc4)c3=O)[C@@H]1N2C(=O)c1ccncc1. The highest BCUT2D eigenvalue weighted by molar-refractivity contribution is 5.96. The monoisotopic (exact) mass is 498 g/mol. The van der Waals surface area contributed by atoms with Crippen LogP contribution in [0.2, 0.25) is 0 Å². The molecule has 8 nitrogen and oxygen atoms in total. The Morgan fingerprint density at radius 3 is 2.54 bits per heavy atom. The summed E-state index contributed by atoms with van der Waals surface area (Å²) in [6, 6.07) is 15.4. The fourth-order valence-electron chi connectivity index (χ4n) is 5.59. The van der Waals surface area contributed by atoms with Gasteiger partial charge in [-0.1, -0.05) is 43.3 Å². The van der Waals surface area contributed by atoms with Gasteiger partial charge >= 0.3 is 0 Å². The number of carbonyl (C=O) groups is 2. The minimum Gasteiger partial charge on any atom is -0.396 e. The molecule has 8 heteroatoms. The Morgan fingerprint density at radius 1 is 1.08 bits per heavy atom. The number of hydrogen-bond donors (Lipinski definition) is 2. The summed E-state index contributed by atoms with van der Waals surface area (Å²) in [6.45, 7) is 2.40. The van der Waals surface area contributed by atoms with E-state index in [-0.39, 0.29) is 30.5 Å². The second kappa shape index (κ2) is 10.5. The molecule has 1 aromatic carbocycles. The summed E-state index contributed by atoms with van der Waals surface area (Å²) in [5.41, 5.74) is 2.38. The fraction of sp³-hybridized carbons (Fsp3) is 0.310. The molecule has 0 aliphatic carbocycles. The summed E-state index contributed by atoms with van der Waals surface area (Å²) in [5, 5.41) is 13.4. The topological polar surface area (TPSA) is 105 Å². The second-order valence-corrected chi connectivity index (χ2v) is 9.50. The maximum absolute atomic E-state index is 13.7. The molecule has 2 bridgehead atoms. The molecule has 2 N–H and O–H groups in total. The van der Waals surface area contributed by atoms with Gasteiger partial charge in [0.1, 0.15) is 0 Å². The van der Waals surface area contributed by atoms with E-state index in [0.29, 0.717) is 23.4 Å². The molecular weight excluding hydrogens is 468 g/mol. The van der Waals surface area contributed by atoms with Crippen LogP contribution in [0.25, 0.3) is 12.2 Å². The van der Waals surface area contributed by atoms with Crippen molar-refractivity contribution in [2.45, 2.75) is 32.0 Å². The molecule has 0 radical (unpaired) electrons. The maximum atomic E-state index is 13.7. The van der Waals surface area contributed by atoms with Crippen LogP contribution in [0.4, 0.5) is 0 Å². The minimum absolute atomic E-state index is 0.179. The van der Waals surface area contributed by atoms with Crippen molar-refractivity contribution < 1.29 is 14.7 Å². The first-order chi connectivity index (χ1) is 18.0. The zero-order valence-corrected chi connectivity index (χ0v) is 20.7. The molecule has 0 unspecified atom stereocenters. The van der Waals surface area contributed by atoms with E-state index in [4.69, 9.17) is 0 Å². The van der Waals surface area contributed by atoms with Gasteiger partial charge in [0.15, 0.2) is 0 Å². The van der Waals surface area contributed by atoms with Gasteiger partial charge < -0.3 is 19.9 Å². The number of carbonyl (C=O) groups excluding carboxylic acids is 2. The van der Waals surface area contributed by atoms with Crippen LogP contribution in [0.3, 0.4) is 0 Å². The van der Waals surface area contributed by atoms with E-state index in [0.717, 1.165) is 12.0 Å². The zero-order chi connectivity index (χ0) is 25.9. The molecule has 0 spiro atoms. The Balaban J connectivity index is 1.59. The van der Waals surface area contributed by atoms with Crippen LogP contribution in [0.1, 0.15) is 46.6 Å². The molecular formula is C29H30N4O4. The van der Waals surface area contributed by atoms with Crippen LogP contribution in [-0.2, 0) is 11.3 Å². The average Bonchev–Trinajstić information content (AvgIpc) is 3.18. The number of benzene rings is 1. The van der Waals surface area contributed by atoms with Crippen LogP contribution in [0.15, 0.2) is 71.8 Å². The van der Waals surface area contributed by atoms with Gasteiger partial charge in [-0.2, -0.15) is 0 Å². The Hall–Kier alpha value is -4.04. The van der Waals surface area contributed by atoms with E-state index in [1.807, 2.05) is 49.4 Å². The summed E-state index contributed by atoms with van der Waals surface area (Å²) in [6.07, 6.45) is 7.55. The number of amides is 2. The number of hydrogen-bond acceptors (Lipinski definition) is 5. The van der Waals surface area contributed by atoms with Crippen molar-refractivity contribution in [2.75, 3.05) is 13.2 Å². The van der Waals surface area contributed by atoms with Crippen LogP contribution in [0, 0.1) is 11.8 Å². The number of pyridine rings is 2. The second-order valence-electron chi connectivity index (χ2n) is 9.50. The summed E-state index contributed by atoms with van der Waals surface area (Å²) in [4.78, 5) is 46.4. The third-order valence-electron chi connectivity index (χ3n) is 7.34. The van der Waals surface area contributed by atoms with E-state index >= 15 is 0 Å². The lowest BCUT2D eigenvalue weighted by molar-refractivity contribution is -0.127. The number of rotatable bonds is 7. The third kappa shape index (κ3) is 4.49. The highest BCUT2D eigenvalue weighted by atomic mass is 16.3. The minimum atomic E-state index is -0.675. The molecule has 4 atom stereocenters. The van der Waals surface area contributed by atoms with Gasteiger partial charge in [-0.3, -0.25) is 19.4 Å². The highest BCUT2D eigenvalue weighted by Crippen LogP contribution is 2.48. The predicted molar refractivity (Wildman–Crippen MR) is 140 cm³/mol. The lowest BCUT2D eigenvalue weighted by Crippen LogP contribution is -2.49. The van der Waals surface area contributed by atoms with Crippen LogP contribution in [-0.4, -0.2) is 50.6 Å². The van der Waals surface area contributed by atoms with Crippen LogP contribution >= 0.6 is 0 Å². The Morgan fingerprint density at radius 2 is 1.84 bits per heavy atom. The van der Waals surface area contributed by atoms with Crippen LogP contribution < -0.4 is 10.9 Å². The van der Waals surface area contributed by atoms with Crippen molar-refractivity contribution in [1.82, 2.24) is 19.8 Å². The van der Waals surface area contributed by atoms with Gasteiger partial charge in [-0.15, -0.1) is 0 Å². The van der Waals surface area contributed by atoms with Gasteiger partial charge in [-0.05, 0) is 42.3 Å². The first-order valence-electron chi connectivity index (χ1n) is 12.6. The molecule has 190 valence electrons. The smallest absolute Gasteiger partial charge is 0.258 e. The van der Waals surface area contributed by atoms with E-state index in [1.165, 1.54) is 0 Å². The predicted octanol–water partition coefficient (Wildman–Crippen LogP) is 2.74. The number of aliphatic hydroxyl groups excluding tert-OH is 1. The summed E-state index contributed by atoms with van der Waals surface area (Å²) in [7, 11) is 0. The van der Waals surface area contributed by atoms with Gasteiger partial charge in [0.2, 0.25) is 5.91 Å². The van der Waals surface area contributed by atoms with Crippen LogP contribution in [0.5, 0.6) is 0 Å².